The van der Waals surface area contributed by atoms with Gasteiger partial charge in [-0.15, -0.1) is 10.2 Å². The Morgan fingerprint density at radius 2 is 1.91 bits per heavy atom. The molecule has 166 valence electrons. The van der Waals surface area contributed by atoms with Crippen LogP contribution in [0.25, 0.3) is 11.1 Å². The molecule has 0 radical (unpaired) electrons. The number of nitrogens with zero attached hydrogens (tertiary/aromatic N) is 5. The van der Waals surface area contributed by atoms with Gasteiger partial charge in [-0.25, -0.2) is 4.98 Å². The van der Waals surface area contributed by atoms with Crippen LogP contribution in [0.4, 0.5) is 5.82 Å². The fourth-order valence-corrected chi connectivity index (χ4v) is 3.44. The highest BCUT2D eigenvalue weighted by Gasteiger charge is 2.16. The molecule has 7 nitrogen and oxygen atoms in total. The van der Waals surface area contributed by atoms with E-state index in [-0.39, 0.29) is 6.04 Å². The molecule has 0 N–H and O–H groups in total. The number of hydrogen-bond acceptors (Lipinski definition) is 6. The van der Waals surface area contributed by atoms with E-state index in [9.17, 15) is 0 Å². The number of benzene rings is 1. The van der Waals surface area contributed by atoms with Crippen molar-refractivity contribution in [2.24, 2.45) is 0 Å². The monoisotopic (exact) mass is 431 g/mol. The Hall–Kier alpha value is -3.61. The molecule has 4 aromatic rings. The summed E-state index contributed by atoms with van der Waals surface area (Å²) in [7, 11) is 2.01. The smallest absolute Gasteiger partial charge is 0.238 e. The zero-order valence-electron chi connectivity index (χ0n) is 18.8. The number of likely N-dealkylation sites (N-methyl/N-ethyl adjacent to an activating group) is 1. The van der Waals surface area contributed by atoms with Crippen LogP contribution in [-0.2, 0) is 6.42 Å². The number of pyridine rings is 1. The third kappa shape index (κ3) is 5.17. The molecule has 1 aromatic carbocycles. The molecule has 0 saturated carbocycles. The van der Waals surface area contributed by atoms with Crippen LogP contribution in [0.3, 0.4) is 0 Å². The average molecular weight is 432 g/mol. The van der Waals surface area contributed by atoms with Gasteiger partial charge in [-0.1, -0.05) is 25.1 Å². The first-order valence-electron chi connectivity index (χ1n) is 11.0. The van der Waals surface area contributed by atoms with Gasteiger partial charge in [0.1, 0.15) is 24.2 Å². The fourth-order valence-electron chi connectivity index (χ4n) is 3.44. The highest BCUT2D eigenvalue weighted by Crippen LogP contribution is 2.26. The molecule has 7 heteroatoms. The molecule has 0 bridgehead atoms. The number of aromatic nitrogens is 4. The molecule has 0 spiro atoms. The van der Waals surface area contributed by atoms with Crippen molar-refractivity contribution in [3.63, 3.8) is 0 Å². The summed E-state index contributed by atoms with van der Waals surface area (Å²) in [6, 6.07) is 16.1. The van der Waals surface area contributed by atoms with E-state index in [0.717, 1.165) is 42.1 Å². The zero-order chi connectivity index (χ0) is 22.3. The Morgan fingerprint density at radius 3 is 2.66 bits per heavy atom. The molecule has 0 aliphatic heterocycles. The van der Waals surface area contributed by atoms with Gasteiger partial charge in [-0.2, -0.15) is 0 Å². The lowest BCUT2D eigenvalue weighted by atomic mass is 10.1. The Labute approximate surface area is 188 Å². The molecular weight excluding hydrogens is 402 g/mol. The summed E-state index contributed by atoms with van der Waals surface area (Å²) >= 11 is 0. The standard InChI is InChI=1S/C25H29N5O2/c1-4-7-24-27-28-25(32-24)19(2)30-15-13-21(18-30)20-9-11-22(12-10-20)31-17-16-29(3)23-8-5-6-14-26-23/h5-6,8-15,18-19H,4,7,16-17H2,1-3H3. The molecule has 0 amide bonds. The summed E-state index contributed by atoms with van der Waals surface area (Å²) in [5, 5.41) is 8.33. The van der Waals surface area contributed by atoms with Crippen LogP contribution in [0.5, 0.6) is 5.75 Å². The molecule has 32 heavy (non-hydrogen) atoms. The first-order valence-corrected chi connectivity index (χ1v) is 11.0. The van der Waals surface area contributed by atoms with E-state index in [4.69, 9.17) is 9.15 Å². The summed E-state index contributed by atoms with van der Waals surface area (Å²) in [6.45, 7) is 5.51. The number of hydrogen-bond donors (Lipinski definition) is 0. The average Bonchev–Trinajstić information content (AvgIpc) is 3.50. The molecule has 0 fully saturated rings. The third-order valence-corrected chi connectivity index (χ3v) is 5.39. The molecule has 4 rings (SSSR count). The zero-order valence-corrected chi connectivity index (χ0v) is 18.8. The second-order valence-electron chi connectivity index (χ2n) is 7.79. The summed E-state index contributed by atoms with van der Waals surface area (Å²) in [4.78, 5) is 6.42. The van der Waals surface area contributed by atoms with Crippen molar-refractivity contribution in [2.75, 3.05) is 25.1 Å². The van der Waals surface area contributed by atoms with Gasteiger partial charge in [0.2, 0.25) is 11.8 Å². The molecule has 1 unspecified atom stereocenters. The van der Waals surface area contributed by atoms with Crippen LogP contribution < -0.4 is 9.64 Å². The van der Waals surface area contributed by atoms with Crippen molar-refractivity contribution in [1.82, 2.24) is 19.7 Å². The molecule has 3 heterocycles. The SMILES string of the molecule is CCCc1nnc(C(C)n2ccc(-c3ccc(OCCN(C)c4ccccn4)cc3)c2)o1. The Kier molecular flexibility index (Phi) is 6.84. The minimum atomic E-state index is -0.0134. The molecule has 0 aliphatic carbocycles. The molecule has 0 saturated heterocycles. The highest BCUT2D eigenvalue weighted by molar-refractivity contribution is 5.63. The highest BCUT2D eigenvalue weighted by atomic mass is 16.5. The summed E-state index contributed by atoms with van der Waals surface area (Å²) < 4.78 is 13.8. The van der Waals surface area contributed by atoms with Gasteiger partial charge < -0.3 is 18.6 Å². The second kappa shape index (κ2) is 10.1. The van der Waals surface area contributed by atoms with Crippen LogP contribution in [0.15, 0.2) is 71.5 Å². The predicted octanol–water partition coefficient (Wildman–Crippen LogP) is 5.01. The van der Waals surface area contributed by atoms with E-state index in [1.807, 2.05) is 43.6 Å². The maximum atomic E-state index is 5.91. The van der Waals surface area contributed by atoms with Crippen molar-refractivity contribution < 1.29 is 9.15 Å². The Balaban J connectivity index is 1.33. The first kappa shape index (κ1) is 21.6. The number of rotatable bonds is 10. The minimum absolute atomic E-state index is 0.0134. The summed E-state index contributed by atoms with van der Waals surface area (Å²) in [6.07, 6.45) is 7.74. The summed E-state index contributed by atoms with van der Waals surface area (Å²) in [5.74, 6) is 3.12. The fraction of sp³-hybridized carbons (Fsp3) is 0.320. The van der Waals surface area contributed by atoms with E-state index in [1.54, 1.807) is 6.20 Å². The Bertz CT molecular complexity index is 1100. The molecule has 0 aliphatic rings. The van der Waals surface area contributed by atoms with Crippen molar-refractivity contribution in [1.29, 1.82) is 0 Å². The van der Waals surface area contributed by atoms with Gasteiger partial charge >= 0.3 is 0 Å². The van der Waals surface area contributed by atoms with E-state index >= 15 is 0 Å². The van der Waals surface area contributed by atoms with Crippen LogP contribution >= 0.6 is 0 Å². The van der Waals surface area contributed by atoms with Crippen LogP contribution in [0.2, 0.25) is 0 Å². The molecule has 3 aromatic heterocycles. The van der Waals surface area contributed by atoms with Crippen molar-refractivity contribution in [2.45, 2.75) is 32.7 Å². The maximum absolute atomic E-state index is 5.91. The quantitative estimate of drug-likeness (QED) is 0.352. The van der Waals surface area contributed by atoms with E-state index in [1.165, 1.54) is 0 Å². The van der Waals surface area contributed by atoms with Crippen LogP contribution in [0.1, 0.15) is 38.1 Å². The maximum Gasteiger partial charge on any atom is 0.238 e. The van der Waals surface area contributed by atoms with Crippen LogP contribution in [0, 0.1) is 0 Å². The van der Waals surface area contributed by atoms with Gasteiger partial charge in [0.15, 0.2) is 0 Å². The number of anilines is 1. The third-order valence-electron chi connectivity index (χ3n) is 5.39. The van der Waals surface area contributed by atoms with Crippen molar-refractivity contribution in [3.8, 4) is 16.9 Å². The normalized spacial score (nSPS) is 12.0. The van der Waals surface area contributed by atoms with Crippen molar-refractivity contribution >= 4 is 5.82 Å². The van der Waals surface area contributed by atoms with Gasteiger partial charge in [0.05, 0.1) is 6.54 Å². The lowest BCUT2D eigenvalue weighted by Gasteiger charge is -2.18. The largest absolute Gasteiger partial charge is 0.492 e. The lowest BCUT2D eigenvalue weighted by molar-refractivity contribution is 0.325. The minimum Gasteiger partial charge on any atom is -0.492 e. The van der Waals surface area contributed by atoms with Gasteiger partial charge in [0.25, 0.3) is 0 Å². The lowest BCUT2D eigenvalue weighted by Crippen LogP contribution is -2.24. The number of ether oxygens (including phenoxy) is 1. The Morgan fingerprint density at radius 1 is 1.06 bits per heavy atom. The molecular formula is C25H29N5O2. The van der Waals surface area contributed by atoms with Gasteiger partial charge in [-0.05, 0) is 54.8 Å². The molecule has 1 atom stereocenters. The van der Waals surface area contributed by atoms with Gasteiger partial charge in [-0.3, -0.25) is 0 Å². The second-order valence-corrected chi connectivity index (χ2v) is 7.79. The van der Waals surface area contributed by atoms with Gasteiger partial charge in [0, 0.05) is 32.1 Å². The topological polar surface area (TPSA) is 69.2 Å². The predicted molar refractivity (Wildman–Crippen MR) is 125 cm³/mol. The summed E-state index contributed by atoms with van der Waals surface area (Å²) in [5.41, 5.74) is 2.26. The van der Waals surface area contributed by atoms with E-state index in [0.29, 0.717) is 18.4 Å². The van der Waals surface area contributed by atoms with E-state index in [2.05, 4.69) is 62.9 Å². The van der Waals surface area contributed by atoms with Crippen LogP contribution in [-0.4, -0.2) is 39.9 Å². The van der Waals surface area contributed by atoms with Crippen molar-refractivity contribution in [3.05, 3.63) is 78.9 Å². The number of aryl methyl sites for hydroxylation is 1. The van der Waals surface area contributed by atoms with E-state index < -0.39 is 0 Å². The first-order chi connectivity index (χ1) is 15.6.